The monoisotopic (exact) mass is 438 g/mol. The molecule has 0 bridgehead atoms. The molecule has 0 radical (unpaired) electrons. The Morgan fingerprint density at radius 3 is 2.26 bits per heavy atom. The van der Waals surface area contributed by atoms with Gasteiger partial charge in [0.25, 0.3) is 0 Å². The summed E-state index contributed by atoms with van der Waals surface area (Å²) in [5, 5.41) is 17.9. The van der Waals surface area contributed by atoms with Crippen molar-refractivity contribution >= 4 is 23.7 Å². The van der Waals surface area contributed by atoms with Crippen LogP contribution in [-0.4, -0.2) is 65.5 Å². The summed E-state index contributed by atoms with van der Waals surface area (Å²) in [5.41, 5.74) is -2.72. The molecule has 0 saturated carbocycles. The third-order valence-corrected chi connectivity index (χ3v) is 6.22. The van der Waals surface area contributed by atoms with Gasteiger partial charge in [0.05, 0.1) is 5.92 Å². The smallest absolute Gasteiger partial charge is 0.350 e. The molecule has 176 valence electrons. The van der Waals surface area contributed by atoms with Crippen molar-refractivity contribution in [2.45, 2.75) is 71.9 Å². The lowest BCUT2D eigenvalue weighted by Crippen LogP contribution is -2.66. The lowest BCUT2D eigenvalue weighted by Gasteiger charge is -2.36. The average molecular weight is 439 g/mol. The number of nitrogens with one attached hydrogen (secondary N) is 3. The zero-order valence-electron chi connectivity index (χ0n) is 19.3. The number of carbonyl (C=O) groups is 4. The van der Waals surface area contributed by atoms with E-state index in [1.54, 1.807) is 25.7 Å². The maximum absolute atomic E-state index is 12.9. The highest BCUT2D eigenvalue weighted by Crippen LogP contribution is 2.22. The van der Waals surface area contributed by atoms with E-state index in [4.69, 9.17) is 0 Å². The Morgan fingerprint density at radius 1 is 1.03 bits per heavy atom. The topological polar surface area (TPSA) is 128 Å². The van der Waals surface area contributed by atoms with Gasteiger partial charge in [0.1, 0.15) is 0 Å². The molecule has 2 saturated heterocycles. The normalized spacial score (nSPS) is 22.3. The minimum atomic E-state index is -1.91. The third kappa shape index (κ3) is 7.19. The van der Waals surface area contributed by atoms with Crippen LogP contribution in [0.4, 0.5) is 0 Å². The second-order valence-electron chi connectivity index (χ2n) is 10.0. The Labute approximate surface area is 184 Å². The first-order valence-electron chi connectivity index (χ1n) is 11.3. The van der Waals surface area contributed by atoms with Crippen molar-refractivity contribution in [3.63, 3.8) is 0 Å². The molecule has 3 amide bonds. The van der Waals surface area contributed by atoms with Crippen LogP contribution in [0.2, 0.25) is 0 Å². The number of rotatable bonds is 7. The largest absolute Gasteiger partial charge is 0.478 e. The van der Waals surface area contributed by atoms with Crippen LogP contribution in [0.5, 0.6) is 0 Å². The minimum absolute atomic E-state index is 0.0538. The molecule has 0 spiro atoms. The number of amides is 3. The molecule has 0 aromatic rings. The summed E-state index contributed by atoms with van der Waals surface area (Å²) >= 11 is 0. The summed E-state index contributed by atoms with van der Waals surface area (Å²) in [7, 11) is 0. The van der Waals surface area contributed by atoms with Gasteiger partial charge in [-0.3, -0.25) is 14.4 Å². The van der Waals surface area contributed by atoms with E-state index < -0.39 is 34.8 Å². The lowest BCUT2D eigenvalue weighted by molar-refractivity contribution is -0.153. The Bertz CT molecular complexity index is 684. The van der Waals surface area contributed by atoms with Crippen LogP contribution in [0.15, 0.2) is 0 Å². The van der Waals surface area contributed by atoms with Gasteiger partial charge in [0.15, 0.2) is 0 Å². The summed E-state index contributed by atoms with van der Waals surface area (Å²) in [6.45, 7) is 9.16. The summed E-state index contributed by atoms with van der Waals surface area (Å²) in [6, 6.07) is 0. The van der Waals surface area contributed by atoms with Gasteiger partial charge in [0, 0.05) is 24.9 Å². The first kappa shape index (κ1) is 25.1. The first-order valence-corrected chi connectivity index (χ1v) is 11.3. The molecule has 31 heavy (non-hydrogen) atoms. The highest BCUT2D eigenvalue weighted by Gasteiger charge is 2.41. The number of hydrogen-bond donors (Lipinski definition) is 4. The van der Waals surface area contributed by atoms with E-state index in [9.17, 15) is 24.3 Å². The standard InChI is InChI=1S/C22H38N4O5/c1-21(2,3)19(29)25-22(4,20(30)31)24-18(28)16-6-5-13-26(14-16)17(27)8-7-15-9-11-23-12-10-15/h15-16,23H,5-14H2,1-4H3,(H,24,28)(H,25,29)(H,30,31)/t16?,22-/m1/s1. The molecule has 0 aliphatic carbocycles. The Hall–Kier alpha value is -2.16. The molecular weight excluding hydrogens is 400 g/mol. The minimum Gasteiger partial charge on any atom is -0.478 e. The molecule has 2 fully saturated rings. The number of likely N-dealkylation sites (tertiary alicyclic amines) is 1. The molecule has 2 aliphatic rings. The molecule has 0 aromatic carbocycles. The van der Waals surface area contributed by atoms with Crippen molar-refractivity contribution in [2.24, 2.45) is 17.3 Å². The molecule has 2 atom stereocenters. The van der Waals surface area contributed by atoms with Gasteiger partial charge in [-0.05, 0) is 58.0 Å². The number of aliphatic carboxylic acids is 1. The van der Waals surface area contributed by atoms with Gasteiger partial charge in [-0.25, -0.2) is 4.79 Å². The van der Waals surface area contributed by atoms with Gasteiger partial charge in [-0.1, -0.05) is 20.8 Å². The van der Waals surface area contributed by atoms with Gasteiger partial charge in [-0.15, -0.1) is 0 Å². The van der Waals surface area contributed by atoms with Crippen molar-refractivity contribution < 1.29 is 24.3 Å². The van der Waals surface area contributed by atoms with E-state index in [1.807, 2.05) is 0 Å². The molecule has 2 heterocycles. The van der Waals surface area contributed by atoms with Gasteiger partial charge < -0.3 is 26.0 Å². The highest BCUT2D eigenvalue weighted by atomic mass is 16.4. The number of carboxylic acids is 1. The fraction of sp³-hybridized carbons (Fsp3) is 0.818. The number of carbonyl (C=O) groups excluding carboxylic acids is 3. The maximum Gasteiger partial charge on any atom is 0.350 e. The molecule has 9 nitrogen and oxygen atoms in total. The highest BCUT2D eigenvalue weighted by molar-refractivity contribution is 5.93. The Kier molecular flexibility index (Phi) is 8.45. The first-order chi connectivity index (χ1) is 14.4. The van der Waals surface area contributed by atoms with Crippen LogP contribution in [0, 0.1) is 17.3 Å². The SMILES string of the molecule is CC(C)(C)C(=O)N[C@@](C)(NC(=O)C1CCCN(C(=O)CCC2CCNCC2)C1)C(=O)O. The second kappa shape index (κ2) is 10.4. The summed E-state index contributed by atoms with van der Waals surface area (Å²) in [6.07, 6.45) is 4.79. The lowest BCUT2D eigenvalue weighted by atomic mass is 9.92. The van der Waals surface area contributed by atoms with E-state index in [-0.39, 0.29) is 12.5 Å². The van der Waals surface area contributed by atoms with E-state index in [0.29, 0.717) is 31.7 Å². The molecule has 9 heteroatoms. The fourth-order valence-corrected chi connectivity index (χ4v) is 3.97. The van der Waals surface area contributed by atoms with Crippen molar-refractivity contribution in [1.82, 2.24) is 20.9 Å². The molecule has 1 unspecified atom stereocenters. The van der Waals surface area contributed by atoms with Crippen molar-refractivity contribution in [1.29, 1.82) is 0 Å². The van der Waals surface area contributed by atoms with Crippen LogP contribution >= 0.6 is 0 Å². The molecule has 2 rings (SSSR count). The predicted molar refractivity (Wildman–Crippen MR) is 116 cm³/mol. The van der Waals surface area contributed by atoms with Crippen molar-refractivity contribution in [2.75, 3.05) is 26.2 Å². The second-order valence-corrected chi connectivity index (χ2v) is 10.0. The fourth-order valence-electron chi connectivity index (χ4n) is 3.97. The van der Waals surface area contributed by atoms with E-state index in [0.717, 1.165) is 32.4 Å². The summed E-state index contributed by atoms with van der Waals surface area (Å²) in [4.78, 5) is 51.4. The maximum atomic E-state index is 12.9. The quantitative estimate of drug-likeness (QED) is 0.441. The Balaban J connectivity index is 1.93. The van der Waals surface area contributed by atoms with Crippen LogP contribution in [0.3, 0.4) is 0 Å². The number of piperidine rings is 2. The predicted octanol–water partition coefficient (Wildman–Crippen LogP) is 1.08. The van der Waals surface area contributed by atoms with Gasteiger partial charge in [-0.2, -0.15) is 0 Å². The van der Waals surface area contributed by atoms with Crippen LogP contribution in [0.25, 0.3) is 0 Å². The van der Waals surface area contributed by atoms with Crippen LogP contribution < -0.4 is 16.0 Å². The van der Waals surface area contributed by atoms with Gasteiger partial charge >= 0.3 is 5.97 Å². The zero-order chi connectivity index (χ0) is 23.2. The van der Waals surface area contributed by atoms with Gasteiger partial charge in [0.2, 0.25) is 23.4 Å². The number of hydrogen-bond acceptors (Lipinski definition) is 5. The summed E-state index contributed by atoms with van der Waals surface area (Å²) < 4.78 is 0. The molecule has 2 aliphatic heterocycles. The molecule has 0 aromatic heterocycles. The van der Waals surface area contributed by atoms with Crippen LogP contribution in [-0.2, 0) is 19.2 Å². The zero-order valence-corrected chi connectivity index (χ0v) is 19.3. The average Bonchev–Trinajstić information content (AvgIpc) is 2.72. The third-order valence-electron chi connectivity index (χ3n) is 6.22. The van der Waals surface area contributed by atoms with Crippen molar-refractivity contribution in [3.05, 3.63) is 0 Å². The Morgan fingerprint density at radius 2 is 1.68 bits per heavy atom. The van der Waals surface area contributed by atoms with E-state index in [2.05, 4.69) is 16.0 Å². The van der Waals surface area contributed by atoms with E-state index >= 15 is 0 Å². The summed E-state index contributed by atoms with van der Waals surface area (Å²) in [5.74, 6) is -2.16. The van der Waals surface area contributed by atoms with Crippen LogP contribution in [0.1, 0.15) is 66.2 Å². The molecule has 4 N–H and O–H groups in total. The molecular formula is C22H38N4O5. The van der Waals surface area contributed by atoms with E-state index in [1.165, 1.54) is 6.92 Å². The number of carboxylic acid groups (broad SMARTS) is 1. The van der Waals surface area contributed by atoms with Crippen molar-refractivity contribution in [3.8, 4) is 0 Å². The number of nitrogens with zero attached hydrogens (tertiary/aromatic N) is 1.